The fourth-order valence-electron chi connectivity index (χ4n) is 1.03. The standard InChI is InChI=1S/C7H10BrNO3/c1-7(2)4-9(5(10)3-8)6(11)12-7/h3-4H2,1-2H3. The Morgan fingerprint density at radius 3 is 2.67 bits per heavy atom. The molecule has 0 atom stereocenters. The summed E-state index contributed by atoms with van der Waals surface area (Å²) < 4.78 is 4.93. The van der Waals surface area contributed by atoms with Crippen molar-refractivity contribution in [3.63, 3.8) is 0 Å². The van der Waals surface area contributed by atoms with Crippen LogP contribution in [0.2, 0.25) is 0 Å². The lowest BCUT2D eigenvalue weighted by molar-refractivity contribution is -0.125. The van der Waals surface area contributed by atoms with Gasteiger partial charge in [0.1, 0.15) is 5.60 Å². The van der Waals surface area contributed by atoms with Crippen LogP contribution in [0.3, 0.4) is 0 Å². The molecule has 0 spiro atoms. The molecule has 68 valence electrons. The van der Waals surface area contributed by atoms with Crippen molar-refractivity contribution in [2.24, 2.45) is 0 Å². The summed E-state index contributed by atoms with van der Waals surface area (Å²) in [5, 5.41) is 0.151. The lowest BCUT2D eigenvalue weighted by Crippen LogP contribution is -2.34. The van der Waals surface area contributed by atoms with E-state index in [1.807, 2.05) is 0 Å². The third-order valence-corrected chi connectivity index (χ3v) is 2.02. The highest BCUT2D eigenvalue weighted by molar-refractivity contribution is 9.09. The van der Waals surface area contributed by atoms with Crippen LogP contribution < -0.4 is 0 Å². The van der Waals surface area contributed by atoms with Gasteiger partial charge in [0.05, 0.1) is 11.9 Å². The van der Waals surface area contributed by atoms with E-state index in [0.29, 0.717) is 6.54 Å². The molecule has 1 fully saturated rings. The van der Waals surface area contributed by atoms with E-state index in [2.05, 4.69) is 15.9 Å². The number of rotatable bonds is 1. The van der Waals surface area contributed by atoms with E-state index < -0.39 is 11.7 Å². The number of nitrogens with zero attached hydrogens (tertiary/aromatic N) is 1. The fourth-order valence-corrected chi connectivity index (χ4v) is 1.33. The summed E-state index contributed by atoms with van der Waals surface area (Å²) in [6.45, 7) is 3.87. The number of imide groups is 1. The average Bonchev–Trinajstić information content (AvgIpc) is 2.23. The predicted octanol–water partition coefficient (Wildman–Crippen LogP) is 1.14. The van der Waals surface area contributed by atoms with Crippen LogP contribution >= 0.6 is 15.9 Å². The molecule has 0 radical (unpaired) electrons. The van der Waals surface area contributed by atoms with E-state index in [-0.39, 0.29) is 11.2 Å². The molecule has 0 aromatic carbocycles. The second kappa shape index (κ2) is 3.05. The van der Waals surface area contributed by atoms with Crippen LogP contribution in [-0.4, -0.2) is 34.4 Å². The maximum absolute atomic E-state index is 11.1. The summed E-state index contributed by atoms with van der Waals surface area (Å²) >= 11 is 2.99. The van der Waals surface area contributed by atoms with E-state index in [1.165, 1.54) is 0 Å². The van der Waals surface area contributed by atoms with Crippen LogP contribution in [-0.2, 0) is 9.53 Å². The summed E-state index contributed by atoms with van der Waals surface area (Å²) in [4.78, 5) is 23.2. The van der Waals surface area contributed by atoms with Gasteiger partial charge in [0, 0.05) is 0 Å². The van der Waals surface area contributed by atoms with E-state index in [0.717, 1.165) is 4.90 Å². The maximum atomic E-state index is 11.1. The topological polar surface area (TPSA) is 46.6 Å². The number of hydrogen-bond acceptors (Lipinski definition) is 3. The summed E-state index contributed by atoms with van der Waals surface area (Å²) in [5.74, 6) is -0.259. The van der Waals surface area contributed by atoms with Crippen molar-refractivity contribution in [3.05, 3.63) is 0 Å². The van der Waals surface area contributed by atoms with Crippen molar-refractivity contribution >= 4 is 27.9 Å². The predicted molar refractivity (Wildman–Crippen MR) is 46.1 cm³/mol. The average molecular weight is 236 g/mol. The molecule has 1 aliphatic rings. The minimum absolute atomic E-state index is 0.151. The molecule has 1 aliphatic heterocycles. The Labute approximate surface area is 79.0 Å². The Balaban J connectivity index is 2.71. The van der Waals surface area contributed by atoms with Gasteiger partial charge < -0.3 is 4.74 Å². The highest BCUT2D eigenvalue weighted by Gasteiger charge is 2.40. The second-order valence-corrected chi connectivity index (χ2v) is 3.80. The quantitative estimate of drug-likeness (QED) is 0.641. The van der Waals surface area contributed by atoms with Crippen LogP contribution in [0.5, 0.6) is 0 Å². The molecule has 1 heterocycles. The van der Waals surface area contributed by atoms with Crippen LogP contribution in [0, 0.1) is 0 Å². The number of carbonyl (C=O) groups is 2. The van der Waals surface area contributed by atoms with Gasteiger partial charge in [0.25, 0.3) is 0 Å². The van der Waals surface area contributed by atoms with Crippen molar-refractivity contribution < 1.29 is 14.3 Å². The molecular formula is C7H10BrNO3. The van der Waals surface area contributed by atoms with Crippen LogP contribution in [0.4, 0.5) is 4.79 Å². The molecule has 12 heavy (non-hydrogen) atoms. The first-order chi connectivity index (χ1) is 5.46. The molecule has 0 unspecified atom stereocenters. The SMILES string of the molecule is CC1(C)CN(C(=O)CBr)C(=O)O1. The van der Waals surface area contributed by atoms with Gasteiger partial charge in [-0.2, -0.15) is 0 Å². The Morgan fingerprint density at radius 1 is 1.75 bits per heavy atom. The normalized spacial score (nSPS) is 20.9. The van der Waals surface area contributed by atoms with E-state index in [1.54, 1.807) is 13.8 Å². The van der Waals surface area contributed by atoms with Crippen molar-refractivity contribution in [3.8, 4) is 0 Å². The fraction of sp³-hybridized carbons (Fsp3) is 0.714. The summed E-state index contributed by atoms with van der Waals surface area (Å²) in [6.07, 6.45) is -0.551. The minimum Gasteiger partial charge on any atom is -0.441 e. The summed E-state index contributed by atoms with van der Waals surface area (Å²) in [5.41, 5.74) is -0.547. The van der Waals surface area contributed by atoms with Gasteiger partial charge in [0.15, 0.2) is 0 Å². The molecule has 0 N–H and O–H groups in total. The van der Waals surface area contributed by atoms with E-state index in [9.17, 15) is 9.59 Å². The zero-order valence-electron chi connectivity index (χ0n) is 6.96. The molecule has 0 aliphatic carbocycles. The first-order valence-electron chi connectivity index (χ1n) is 3.55. The molecule has 1 saturated heterocycles. The van der Waals surface area contributed by atoms with Crippen molar-refractivity contribution in [2.45, 2.75) is 19.4 Å². The van der Waals surface area contributed by atoms with Crippen LogP contribution in [0.15, 0.2) is 0 Å². The second-order valence-electron chi connectivity index (χ2n) is 3.24. The Hall–Kier alpha value is -0.580. The summed E-state index contributed by atoms with van der Waals surface area (Å²) in [6, 6.07) is 0. The highest BCUT2D eigenvalue weighted by atomic mass is 79.9. The maximum Gasteiger partial charge on any atom is 0.417 e. The van der Waals surface area contributed by atoms with Crippen molar-refractivity contribution in [1.82, 2.24) is 4.90 Å². The van der Waals surface area contributed by atoms with E-state index >= 15 is 0 Å². The number of alkyl halides is 1. The number of amides is 2. The zero-order chi connectivity index (χ0) is 9.35. The van der Waals surface area contributed by atoms with E-state index in [4.69, 9.17) is 4.74 Å². The largest absolute Gasteiger partial charge is 0.441 e. The molecule has 5 heteroatoms. The molecule has 2 amide bonds. The van der Waals surface area contributed by atoms with Gasteiger partial charge in [-0.25, -0.2) is 9.69 Å². The summed E-state index contributed by atoms with van der Waals surface area (Å²) in [7, 11) is 0. The molecule has 0 bridgehead atoms. The highest BCUT2D eigenvalue weighted by Crippen LogP contribution is 2.21. The third-order valence-electron chi connectivity index (χ3n) is 1.54. The first-order valence-corrected chi connectivity index (χ1v) is 4.68. The number of carbonyl (C=O) groups excluding carboxylic acids is 2. The first kappa shape index (κ1) is 9.51. The third kappa shape index (κ3) is 1.77. The lowest BCUT2D eigenvalue weighted by atomic mass is 10.1. The Bertz CT molecular complexity index is 227. The molecule has 0 aromatic heterocycles. The van der Waals surface area contributed by atoms with Gasteiger partial charge in [0.2, 0.25) is 5.91 Å². The van der Waals surface area contributed by atoms with Gasteiger partial charge in [-0.3, -0.25) is 4.79 Å². The molecule has 4 nitrogen and oxygen atoms in total. The van der Waals surface area contributed by atoms with Crippen molar-refractivity contribution in [2.75, 3.05) is 11.9 Å². The monoisotopic (exact) mass is 235 g/mol. The van der Waals surface area contributed by atoms with Gasteiger partial charge in [-0.1, -0.05) is 15.9 Å². The van der Waals surface area contributed by atoms with Gasteiger partial charge in [-0.15, -0.1) is 0 Å². The van der Waals surface area contributed by atoms with Crippen molar-refractivity contribution in [1.29, 1.82) is 0 Å². The smallest absolute Gasteiger partial charge is 0.417 e. The zero-order valence-corrected chi connectivity index (χ0v) is 8.55. The number of hydrogen-bond donors (Lipinski definition) is 0. The van der Waals surface area contributed by atoms with Crippen LogP contribution in [0.25, 0.3) is 0 Å². The molecular weight excluding hydrogens is 226 g/mol. The molecule has 1 rings (SSSR count). The lowest BCUT2D eigenvalue weighted by Gasteiger charge is -2.13. The molecule has 0 aromatic rings. The Morgan fingerprint density at radius 2 is 2.33 bits per heavy atom. The number of cyclic esters (lactones) is 1. The Kier molecular flexibility index (Phi) is 2.41. The molecule has 0 saturated carbocycles. The van der Waals surface area contributed by atoms with Gasteiger partial charge >= 0.3 is 6.09 Å². The minimum atomic E-state index is -0.551. The number of ether oxygens (including phenoxy) is 1. The van der Waals surface area contributed by atoms with Crippen LogP contribution in [0.1, 0.15) is 13.8 Å². The number of halogens is 1. The van der Waals surface area contributed by atoms with Gasteiger partial charge in [-0.05, 0) is 13.8 Å².